The van der Waals surface area contributed by atoms with Gasteiger partial charge in [0.15, 0.2) is 0 Å². The molecule has 1 unspecified atom stereocenters. The number of rotatable bonds is 18. The highest BCUT2D eigenvalue weighted by Crippen LogP contribution is 2.14. The Morgan fingerprint density at radius 3 is 1.63 bits per heavy atom. The fourth-order valence-electron chi connectivity index (χ4n) is 3.75. The minimum Gasteiger partial charge on any atom is -0.316 e. The molecule has 4 nitrogen and oxygen atoms in total. The molecular formula is C26H44N2O2. The smallest absolute Gasteiger partial charge is 0.248 e. The number of carbonyl (C=O) groups is 2. The monoisotopic (exact) mass is 416 g/mol. The van der Waals surface area contributed by atoms with E-state index in [0.29, 0.717) is 6.42 Å². The average Bonchev–Trinajstić information content (AvgIpc) is 2.76. The Balaban J connectivity index is 1.89. The molecule has 0 fully saturated rings. The van der Waals surface area contributed by atoms with Crippen molar-refractivity contribution in [1.29, 1.82) is 0 Å². The Bertz CT molecular complexity index is 559. The highest BCUT2D eigenvalue weighted by atomic mass is 16.2. The van der Waals surface area contributed by atoms with Crippen LogP contribution in [0.1, 0.15) is 121 Å². The van der Waals surface area contributed by atoms with Crippen LogP contribution in [0.2, 0.25) is 0 Å². The van der Waals surface area contributed by atoms with Crippen molar-refractivity contribution in [3.05, 3.63) is 35.9 Å². The van der Waals surface area contributed by atoms with Gasteiger partial charge < -0.3 is 5.73 Å². The Morgan fingerprint density at radius 2 is 1.17 bits per heavy atom. The van der Waals surface area contributed by atoms with Gasteiger partial charge in [0, 0.05) is 6.42 Å². The minimum absolute atomic E-state index is 0.221. The second-order valence-corrected chi connectivity index (χ2v) is 8.50. The summed E-state index contributed by atoms with van der Waals surface area (Å²) in [6.07, 6.45) is 19.8. The molecule has 3 N–H and O–H groups in total. The molecule has 0 bridgehead atoms. The number of nitrogens with one attached hydrogen (secondary N) is 1. The maximum atomic E-state index is 12.1. The number of hydrogen-bond donors (Lipinski definition) is 2. The van der Waals surface area contributed by atoms with Gasteiger partial charge in [-0.15, -0.1) is 0 Å². The lowest BCUT2D eigenvalue weighted by Gasteiger charge is -2.11. The Hall–Kier alpha value is -1.68. The molecule has 0 aromatic heterocycles. The number of amides is 2. The van der Waals surface area contributed by atoms with Crippen LogP contribution >= 0.6 is 0 Å². The van der Waals surface area contributed by atoms with Gasteiger partial charge in [-0.1, -0.05) is 127 Å². The van der Waals surface area contributed by atoms with E-state index in [9.17, 15) is 9.59 Å². The Labute approximate surface area is 184 Å². The predicted molar refractivity (Wildman–Crippen MR) is 126 cm³/mol. The summed E-state index contributed by atoms with van der Waals surface area (Å²) in [6.45, 7) is 2.27. The van der Waals surface area contributed by atoms with Gasteiger partial charge in [0.2, 0.25) is 11.8 Å². The van der Waals surface area contributed by atoms with E-state index in [2.05, 4.69) is 12.2 Å². The van der Waals surface area contributed by atoms with Gasteiger partial charge in [0.25, 0.3) is 0 Å². The second-order valence-electron chi connectivity index (χ2n) is 8.50. The van der Waals surface area contributed by atoms with Crippen LogP contribution in [0, 0.1) is 0 Å². The summed E-state index contributed by atoms with van der Waals surface area (Å²) in [7, 11) is 0. The third-order valence-corrected chi connectivity index (χ3v) is 5.71. The first-order valence-corrected chi connectivity index (χ1v) is 12.3. The van der Waals surface area contributed by atoms with Crippen molar-refractivity contribution in [3.8, 4) is 0 Å². The van der Waals surface area contributed by atoms with E-state index < -0.39 is 11.9 Å². The molecule has 2 amide bonds. The molecule has 1 rings (SSSR count). The summed E-state index contributed by atoms with van der Waals surface area (Å²) >= 11 is 0. The SMILES string of the molecule is CCCCCCCCCCCCCCCCCC(=O)NC(=O)C(N)c1ccccc1. The molecule has 0 saturated carbocycles. The van der Waals surface area contributed by atoms with Gasteiger partial charge >= 0.3 is 0 Å². The quantitative estimate of drug-likeness (QED) is 0.265. The molecule has 0 heterocycles. The molecule has 1 aromatic rings. The van der Waals surface area contributed by atoms with Crippen LogP contribution < -0.4 is 11.1 Å². The second kappa shape index (κ2) is 18.1. The lowest BCUT2D eigenvalue weighted by Crippen LogP contribution is -2.37. The Kier molecular flexibility index (Phi) is 15.9. The van der Waals surface area contributed by atoms with Crippen LogP contribution in [0.5, 0.6) is 0 Å². The van der Waals surface area contributed by atoms with E-state index in [0.717, 1.165) is 18.4 Å². The molecule has 0 aliphatic rings. The van der Waals surface area contributed by atoms with E-state index in [1.807, 2.05) is 18.2 Å². The van der Waals surface area contributed by atoms with E-state index >= 15 is 0 Å². The molecular weight excluding hydrogens is 372 g/mol. The normalized spacial score (nSPS) is 11.9. The van der Waals surface area contributed by atoms with Gasteiger partial charge in [0.05, 0.1) is 0 Å². The largest absolute Gasteiger partial charge is 0.316 e. The number of unbranched alkanes of at least 4 members (excludes halogenated alkanes) is 14. The van der Waals surface area contributed by atoms with Crippen LogP contribution in [-0.2, 0) is 9.59 Å². The summed E-state index contributed by atoms with van der Waals surface area (Å²) in [5, 5.41) is 2.42. The highest BCUT2D eigenvalue weighted by Gasteiger charge is 2.17. The van der Waals surface area contributed by atoms with Crippen molar-refractivity contribution in [2.45, 2.75) is 116 Å². The number of imide groups is 1. The van der Waals surface area contributed by atoms with Gasteiger partial charge in [-0.2, -0.15) is 0 Å². The maximum absolute atomic E-state index is 12.1. The first kappa shape index (κ1) is 26.4. The lowest BCUT2D eigenvalue weighted by molar-refractivity contribution is -0.131. The molecule has 4 heteroatoms. The third-order valence-electron chi connectivity index (χ3n) is 5.71. The van der Waals surface area contributed by atoms with Crippen LogP contribution in [-0.4, -0.2) is 11.8 Å². The summed E-state index contributed by atoms with van der Waals surface area (Å²) < 4.78 is 0. The Morgan fingerprint density at radius 1 is 0.733 bits per heavy atom. The van der Waals surface area contributed by atoms with Crippen LogP contribution in [0.3, 0.4) is 0 Å². The minimum atomic E-state index is -0.795. The van der Waals surface area contributed by atoms with Crippen molar-refractivity contribution in [2.75, 3.05) is 0 Å². The van der Waals surface area contributed by atoms with E-state index in [-0.39, 0.29) is 5.91 Å². The number of carbonyl (C=O) groups excluding carboxylic acids is 2. The van der Waals surface area contributed by atoms with Crippen molar-refractivity contribution in [2.24, 2.45) is 5.73 Å². The highest BCUT2D eigenvalue weighted by molar-refractivity contribution is 5.98. The molecule has 0 saturated heterocycles. The fourth-order valence-corrected chi connectivity index (χ4v) is 3.75. The van der Waals surface area contributed by atoms with Crippen LogP contribution in [0.4, 0.5) is 0 Å². The zero-order chi connectivity index (χ0) is 21.9. The number of benzene rings is 1. The summed E-state index contributed by atoms with van der Waals surface area (Å²) in [4.78, 5) is 24.0. The zero-order valence-corrected chi connectivity index (χ0v) is 19.2. The topological polar surface area (TPSA) is 72.2 Å². The molecule has 1 aromatic carbocycles. The van der Waals surface area contributed by atoms with Crippen molar-refractivity contribution < 1.29 is 9.59 Å². The van der Waals surface area contributed by atoms with Crippen LogP contribution in [0.25, 0.3) is 0 Å². The molecule has 1 atom stereocenters. The first-order chi connectivity index (χ1) is 14.6. The molecule has 0 aliphatic heterocycles. The van der Waals surface area contributed by atoms with Crippen molar-refractivity contribution in [3.63, 3.8) is 0 Å². The summed E-state index contributed by atoms with van der Waals surface area (Å²) in [6, 6.07) is 8.33. The van der Waals surface area contributed by atoms with Gasteiger partial charge in [-0.25, -0.2) is 0 Å². The van der Waals surface area contributed by atoms with Crippen LogP contribution in [0.15, 0.2) is 30.3 Å². The van der Waals surface area contributed by atoms with Gasteiger partial charge in [-0.3, -0.25) is 14.9 Å². The summed E-state index contributed by atoms with van der Waals surface area (Å²) in [5.41, 5.74) is 6.63. The lowest BCUT2D eigenvalue weighted by atomic mass is 10.0. The van der Waals surface area contributed by atoms with Gasteiger partial charge in [0.1, 0.15) is 6.04 Å². The van der Waals surface area contributed by atoms with Crippen molar-refractivity contribution >= 4 is 11.8 Å². The van der Waals surface area contributed by atoms with Gasteiger partial charge in [-0.05, 0) is 12.0 Å². The predicted octanol–water partition coefficient (Wildman–Crippen LogP) is 6.59. The third kappa shape index (κ3) is 13.5. The molecule has 0 radical (unpaired) electrons. The number of hydrogen-bond acceptors (Lipinski definition) is 3. The van der Waals surface area contributed by atoms with E-state index in [1.165, 1.54) is 83.5 Å². The fraction of sp³-hybridized carbons (Fsp3) is 0.692. The maximum Gasteiger partial charge on any atom is 0.248 e. The molecule has 30 heavy (non-hydrogen) atoms. The zero-order valence-electron chi connectivity index (χ0n) is 19.2. The van der Waals surface area contributed by atoms with Crippen molar-refractivity contribution in [1.82, 2.24) is 5.32 Å². The molecule has 0 aliphatic carbocycles. The number of nitrogens with two attached hydrogens (primary N) is 1. The van der Waals surface area contributed by atoms with E-state index in [1.54, 1.807) is 12.1 Å². The standard InChI is InChI=1S/C26H44N2O2/c1-2-3-4-5-6-7-8-9-10-11-12-13-14-15-19-22-24(29)28-26(30)25(27)23-20-17-16-18-21-23/h16-18,20-21,25H,2-15,19,22,27H2,1H3,(H,28,29,30). The molecule has 170 valence electrons. The average molecular weight is 417 g/mol. The summed E-state index contributed by atoms with van der Waals surface area (Å²) in [5.74, 6) is -0.645. The van der Waals surface area contributed by atoms with E-state index in [4.69, 9.17) is 5.73 Å². The first-order valence-electron chi connectivity index (χ1n) is 12.3. The molecule has 0 spiro atoms.